The fourth-order valence-electron chi connectivity index (χ4n) is 0. The fraction of sp³-hybridized carbons (Fsp3) is 0. The molecule has 0 fully saturated rings. The van der Waals surface area contributed by atoms with Crippen molar-refractivity contribution in [3.05, 3.63) is 0 Å². The maximum Gasteiger partial charge on any atom is 1.00 e. The summed E-state index contributed by atoms with van der Waals surface area (Å²) >= 11 is 0. The van der Waals surface area contributed by atoms with Crippen LogP contribution in [0.3, 0.4) is 0 Å². The van der Waals surface area contributed by atoms with Gasteiger partial charge in [-0.05, 0) is 0 Å². The molecule has 0 unspecified atom stereocenters. The van der Waals surface area contributed by atoms with Crippen LogP contribution in [0.15, 0.2) is 0 Å². The number of carboxylic acid groups (broad SMARTS) is 2. The van der Waals surface area contributed by atoms with Gasteiger partial charge in [0.2, 0.25) is 0 Å². The van der Waals surface area contributed by atoms with Crippen molar-refractivity contribution in [3.63, 3.8) is 0 Å². The summed E-state index contributed by atoms with van der Waals surface area (Å²) in [6.07, 6.45) is 0. The van der Waals surface area contributed by atoms with Crippen molar-refractivity contribution in [1.82, 2.24) is 0 Å². The van der Waals surface area contributed by atoms with Crippen LogP contribution in [-0.4, -0.2) is 39.5 Å². The zero-order valence-corrected chi connectivity index (χ0v) is 5.97. The van der Waals surface area contributed by atoms with Crippen molar-refractivity contribution in [3.8, 4) is 0 Å². The quantitative estimate of drug-likeness (QED) is 0.234. The average Bonchev–Trinajstić information content (AvgIpc) is 1.89. The first-order valence-corrected chi connectivity index (χ1v) is 2.01. The monoisotopic (exact) mass is 178 g/mol. The van der Waals surface area contributed by atoms with Gasteiger partial charge < -0.3 is 21.7 Å². The number of carboxylic acids is 2. The van der Waals surface area contributed by atoms with E-state index >= 15 is 0 Å². The van der Waals surface area contributed by atoms with Gasteiger partial charge in [0, 0.05) is 0 Å². The fourth-order valence-corrected chi connectivity index (χ4v) is 0. The predicted octanol–water partition coefficient (Wildman–Crippen LogP) is -4.87. The van der Waals surface area contributed by atoms with Crippen LogP contribution in [0.2, 0.25) is 0 Å². The summed E-state index contributed by atoms with van der Waals surface area (Å²) in [6.45, 7) is 0. The number of hydrogen-bond donors (Lipinski definition) is 4. The maximum atomic E-state index is 10.1. The Morgan fingerprint density at radius 2 is 1.42 bits per heavy atom. The third kappa shape index (κ3) is 22.7. The van der Waals surface area contributed by atoms with Crippen LogP contribution in [0.4, 0.5) is 4.53 Å². The predicted molar refractivity (Wildman–Crippen MR) is 28.8 cm³/mol. The molecular formula is C2H5BFLiO7. The van der Waals surface area contributed by atoms with Crippen LogP contribution in [-0.2, 0) is 14.4 Å². The van der Waals surface area contributed by atoms with Crippen LogP contribution in [0, 0.1) is 0 Å². The molecule has 66 valence electrons. The Kier molecular flexibility index (Phi) is 15.2. The molecule has 0 aromatic heterocycles. The van der Waals surface area contributed by atoms with Crippen LogP contribution in [0.25, 0.3) is 0 Å². The maximum absolute atomic E-state index is 10.1. The Morgan fingerprint density at radius 1 is 1.25 bits per heavy atom. The van der Waals surface area contributed by atoms with E-state index in [1.807, 2.05) is 0 Å². The third-order valence-corrected chi connectivity index (χ3v) is 0.263. The molecule has 0 aromatic carbocycles. The number of rotatable bonds is 1. The summed E-state index contributed by atoms with van der Waals surface area (Å²) in [5.41, 5.74) is 0. The number of hydrogen-bond acceptors (Lipinski definition) is 5. The molecule has 12 heavy (non-hydrogen) atoms. The third-order valence-electron chi connectivity index (χ3n) is 0.263. The van der Waals surface area contributed by atoms with E-state index in [9.17, 15) is 4.53 Å². The summed E-state index contributed by atoms with van der Waals surface area (Å²) < 4.78 is 10.1. The topological polar surface area (TPSA) is 124 Å². The summed E-state index contributed by atoms with van der Waals surface area (Å²) in [4.78, 5) is 20.6. The second-order valence-corrected chi connectivity index (χ2v) is 1.03. The van der Waals surface area contributed by atoms with E-state index in [1.165, 1.54) is 0 Å². The molecule has 0 bridgehead atoms. The van der Waals surface area contributed by atoms with E-state index in [2.05, 4.69) is 4.86 Å². The van der Waals surface area contributed by atoms with Crippen molar-refractivity contribution in [2.45, 2.75) is 0 Å². The smallest absolute Gasteiger partial charge is 1.00 e. The molecule has 0 aliphatic rings. The molecule has 0 rings (SSSR count). The van der Waals surface area contributed by atoms with Crippen molar-refractivity contribution in [1.29, 1.82) is 0 Å². The normalized spacial score (nSPS) is 6.92. The van der Waals surface area contributed by atoms with Gasteiger partial charge in [0.1, 0.15) is 0 Å². The molecular weight excluding hydrogens is 173 g/mol. The Morgan fingerprint density at radius 3 is 1.42 bits per heavy atom. The van der Waals surface area contributed by atoms with Crippen molar-refractivity contribution >= 4 is 19.3 Å². The molecule has 10 heteroatoms. The SMILES string of the molecule is O=C(O)C(=O)O.OB(O)OF.[H-].[Li+]. The van der Waals surface area contributed by atoms with Crippen LogP contribution in [0.5, 0.6) is 0 Å². The molecule has 0 radical (unpaired) electrons. The Bertz CT molecular complexity index is 132. The van der Waals surface area contributed by atoms with Gasteiger partial charge in [0.15, 0.2) is 0 Å². The van der Waals surface area contributed by atoms with Gasteiger partial charge in [0.05, 0.1) is 0 Å². The Balaban J connectivity index is -0.0000000546. The zero-order chi connectivity index (χ0) is 9.44. The minimum absolute atomic E-state index is 0. The van der Waals surface area contributed by atoms with E-state index in [0.717, 1.165) is 0 Å². The molecule has 0 saturated carbocycles. The van der Waals surface area contributed by atoms with Gasteiger partial charge in [-0.1, -0.05) is 4.53 Å². The van der Waals surface area contributed by atoms with Crippen LogP contribution >= 0.6 is 0 Å². The summed E-state index contributed by atoms with van der Waals surface area (Å²) in [6, 6.07) is 0. The van der Waals surface area contributed by atoms with Gasteiger partial charge >= 0.3 is 38.1 Å². The first-order chi connectivity index (χ1) is 4.91. The van der Waals surface area contributed by atoms with E-state index in [0.29, 0.717) is 0 Å². The first-order valence-electron chi connectivity index (χ1n) is 2.01. The van der Waals surface area contributed by atoms with Gasteiger partial charge in [0.25, 0.3) is 0 Å². The Hall–Kier alpha value is -0.588. The van der Waals surface area contributed by atoms with E-state index < -0.39 is 19.3 Å². The minimum Gasteiger partial charge on any atom is -1.00 e. The molecule has 7 nitrogen and oxygen atoms in total. The van der Waals surface area contributed by atoms with Crippen molar-refractivity contribution < 1.29 is 59.5 Å². The van der Waals surface area contributed by atoms with Crippen molar-refractivity contribution in [2.24, 2.45) is 0 Å². The summed E-state index contributed by atoms with van der Waals surface area (Å²) in [7, 11) is -2.28. The second kappa shape index (κ2) is 10.4. The standard InChI is InChI=1S/C2H2O4.BFH2O3.Li.H/c3-1(4)2(5)6;2-5-1(3)4;;/h(H,3,4)(H,5,6);3-4H;;/q;;+1;-1. The largest absolute Gasteiger partial charge is 1.00 e. The first kappa shape index (κ1) is 17.5. The van der Waals surface area contributed by atoms with E-state index in [1.54, 1.807) is 0 Å². The van der Waals surface area contributed by atoms with Crippen LogP contribution < -0.4 is 18.9 Å². The van der Waals surface area contributed by atoms with Crippen molar-refractivity contribution in [2.75, 3.05) is 0 Å². The molecule has 0 heterocycles. The number of halogens is 1. The summed E-state index contributed by atoms with van der Waals surface area (Å²) in [5, 5.41) is 29.4. The minimum atomic E-state index is -2.28. The molecule has 0 aliphatic carbocycles. The van der Waals surface area contributed by atoms with Gasteiger partial charge in [-0.25, -0.2) is 9.59 Å². The van der Waals surface area contributed by atoms with E-state index in [4.69, 9.17) is 29.9 Å². The molecule has 0 amide bonds. The van der Waals surface area contributed by atoms with Gasteiger partial charge in [-0.2, -0.15) is 4.86 Å². The van der Waals surface area contributed by atoms with Gasteiger partial charge in [-0.15, -0.1) is 0 Å². The van der Waals surface area contributed by atoms with Gasteiger partial charge in [-0.3, -0.25) is 0 Å². The Labute approximate surface area is 79.5 Å². The average molecular weight is 178 g/mol. The molecule has 4 N–H and O–H groups in total. The molecule has 0 atom stereocenters. The molecule has 0 spiro atoms. The van der Waals surface area contributed by atoms with Crippen LogP contribution in [0.1, 0.15) is 1.43 Å². The second-order valence-electron chi connectivity index (χ2n) is 1.03. The molecule has 0 aromatic rings. The molecule has 0 aliphatic heterocycles. The number of carbonyl (C=O) groups is 2. The van der Waals surface area contributed by atoms with E-state index in [-0.39, 0.29) is 20.3 Å². The summed E-state index contributed by atoms with van der Waals surface area (Å²) in [5.74, 6) is -3.65. The zero-order valence-electron chi connectivity index (χ0n) is 6.97. The number of aliphatic carboxylic acids is 2. The molecule has 0 saturated heterocycles.